The Labute approximate surface area is 203 Å². The fourth-order valence-electron chi connectivity index (χ4n) is 4.34. The third-order valence-electron chi connectivity index (χ3n) is 6.18. The summed E-state index contributed by atoms with van der Waals surface area (Å²) in [6, 6.07) is 10.5. The van der Waals surface area contributed by atoms with E-state index < -0.39 is 0 Å². The highest BCUT2D eigenvalue weighted by molar-refractivity contribution is 6.35. The molecule has 2 aromatic carbocycles. The topological polar surface area (TPSA) is 69.9 Å². The number of nitro benzene ring substituents is 1. The molecule has 0 N–H and O–H groups in total. The number of hydrogen-bond acceptors (Lipinski definition) is 5. The maximum absolute atomic E-state index is 12.6. The van der Waals surface area contributed by atoms with Gasteiger partial charge in [0.15, 0.2) is 0 Å². The average Bonchev–Trinajstić information content (AvgIpc) is 2.83. The van der Waals surface area contributed by atoms with Crippen molar-refractivity contribution >= 4 is 52.2 Å². The third-order valence-corrected chi connectivity index (χ3v) is 6.74. The summed E-state index contributed by atoms with van der Waals surface area (Å²) < 4.78 is 0. The van der Waals surface area contributed by atoms with E-state index in [1.165, 1.54) is 12.5 Å². The zero-order valence-electron chi connectivity index (χ0n) is 18.3. The molecule has 4 rings (SSSR count). The number of benzene rings is 2. The number of amides is 1. The van der Waals surface area contributed by atoms with Crippen LogP contribution >= 0.6 is 23.2 Å². The van der Waals surface area contributed by atoms with Gasteiger partial charge in [-0.2, -0.15) is 0 Å². The molecule has 0 saturated carbocycles. The summed E-state index contributed by atoms with van der Waals surface area (Å²) in [5.41, 5.74) is 2.54. The van der Waals surface area contributed by atoms with Crippen LogP contribution in [0.2, 0.25) is 10.0 Å². The molecule has 0 atom stereocenters. The van der Waals surface area contributed by atoms with Crippen molar-refractivity contribution in [1.29, 1.82) is 0 Å². The summed E-state index contributed by atoms with van der Waals surface area (Å²) in [6.07, 6.45) is 6.51. The summed E-state index contributed by atoms with van der Waals surface area (Å²) in [4.78, 5) is 30.0. The van der Waals surface area contributed by atoms with Gasteiger partial charge in [0.05, 0.1) is 4.92 Å². The number of nitro groups is 1. The van der Waals surface area contributed by atoms with Crippen molar-refractivity contribution in [3.63, 3.8) is 0 Å². The van der Waals surface area contributed by atoms with E-state index >= 15 is 0 Å². The van der Waals surface area contributed by atoms with Gasteiger partial charge in [-0.05, 0) is 55.2 Å². The van der Waals surface area contributed by atoms with Gasteiger partial charge in [-0.3, -0.25) is 14.9 Å². The molecule has 33 heavy (non-hydrogen) atoms. The van der Waals surface area contributed by atoms with Crippen molar-refractivity contribution in [2.45, 2.75) is 19.3 Å². The fraction of sp³-hybridized carbons (Fsp3) is 0.375. The predicted octanol–water partition coefficient (Wildman–Crippen LogP) is 5.25. The highest BCUT2D eigenvalue weighted by Crippen LogP contribution is 2.34. The van der Waals surface area contributed by atoms with E-state index in [1.807, 2.05) is 12.1 Å². The Morgan fingerprint density at radius 3 is 2.30 bits per heavy atom. The van der Waals surface area contributed by atoms with Crippen LogP contribution in [0.5, 0.6) is 0 Å². The first-order valence-electron chi connectivity index (χ1n) is 11.1. The fourth-order valence-corrected chi connectivity index (χ4v) is 4.81. The number of halogens is 2. The van der Waals surface area contributed by atoms with Crippen LogP contribution in [0, 0.1) is 10.1 Å². The minimum atomic E-state index is -0.302. The van der Waals surface area contributed by atoms with E-state index in [9.17, 15) is 14.9 Å². The predicted molar refractivity (Wildman–Crippen MR) is 133 cm³/mol. The molecular formula is C24H26Cl2N4O3. The Hall–Kier alpha value is -2.77. The molecule has 1 amide bonds. The van der Waals surface area contributed by atoms with E-state index in [4.69, 9.17) is 23.2 Å². The number of nitrogens with zero attached hydrogens (tertiary/aromatic N) is 4. The molecule has 2 heterocycles. The first-order valence-corrected chi connectivity index (χ1v) is 11.9. The van der Waals surface area contributed by atoms with Crippen LogP contribution in [0.15, 0.2) is 42.5 Å². The van der Waals surface area contributed by atoms with Crippen LogP contribution in [0.25, 0.3) is 6.08 Å². The standard InChI is InChI=1S/C24H26Cl2N4O3/c25-19-6-4-18(21(26)16-19)5-9-24(31)29-14-12-27(13-15-29)20-7-8-22(30(32)33)23(17-20)28-10-2-1-3-11-28/h4-9,16-17H,1-3,10-15H2. The van der Waals surface area contributed by atoms with Crippen LogP contribution in [-0.2, 0) is 4.79 Å². The summed E-state index contributed by atoms with van der Waals surface area (Å²) in [5.74, 6) is -0.0710. The number of carbonyl (C=O) groups is 1. The molecule has 0 spiro atoms. The molecular weight excluding hydrogens is 463 g/mol. The second-order valence-corrected chi connectivity index (χ2v) is 9.13. The van der Waals surface area contributed by atoms with Crippen LogP contribution in [0.4, 0.5) is 17.1 Å². The molecule has 0 aromatic heterocycles. The molecule has 174 valence electrons. The first-order chi connectivity index (χ1) is 15.9. The van der Waals surface area contributed by atoms with Gasteiger partial charge in [0.2, 0.25) is 5.91 Å². The molecule has 2 aromatic rings. The van der Waals surface area contributed by atoms with E-state index in [0.29, 0.717) is 41.9 Å². The normalized spacial score (nSPS) is 17.0. The van der Waals surface area contributed by atoms with E-state index in [-0.39, 0.29) is 16.5 Å². The zero-order valence-corrected chi connectivity index (χ0v) is 19.8. The number of hydrogen-bond donors (Lipinski definition) is 0. The van der Waals surface area contributed by atoms with Gasteiger partial charge in [0, 0.05) is 67.1 Å². The summed E-state index contributed by atoms with van der Waals surface area (Å²) in [6.45, 7) is 4.17. The molecule has 0 bridgehead atoms. The summed E-state index contributed by atoms with van der Waals surface area (Å²) in [7, 11) is 0. The Bertz CT molecular complexity index is 1060. The average molecular weight is 489 g/mol. The van der Waals surface area contributed by atoms with Crippen molar-refractivity contribution in [3.8, 4) is 0 Å². The minimum absolute atomic E-state index is 0.0710. The van der Waals surface area contributed by atoms with Gasteiger partial charge in [-0.15, -0.1) is 0 Å². The molecule has 0 radical (unpaired) electrons. The molecule has 2 aliphatic rings. The smallest absolute Gasteiger partial charge is 0.292 e. The summed E-state index contributed by atoms with van der Waals surface area (Å²) >= 11 is 12.1. The van der Waals surface area contributed by atoms with Gasteiger partial charge in [-0.1, -0.05) is 29.3 Å². The van der Waals surface area contributed by atoms with Gasteiger partial charge in [-0.25, -0.2) is 0 Å². The lowest BCUT2D eigenvalue weighted by Gasteiger charge is -2.36. The zero-order chi connectivity index (χ0) is 23.4. The van der Waals surface area contributed by atoms with Crippen molar-refractivity contribution in [2.75, 3.05) is 49.1 Å². The third kappa shape index (κ3) is 5.60. The quantitative estimate of drug-likeness (QED) is 0.326. The lowest BCUT2D eigenvalue weighted by Crippen LogP contribution is -2.48. The van der Waals surface area contributed by atoms with Crippen LogP contribution in [-0.4, -0.2) is 55.0 Å². The monoisotopic (exact) mass is 488 g/mol. The van der Waals surface area contributed by atoms with Crippen LogP contribution in [0.1, 0.15) is 24.8 Å². The highest BCUT2D eigenvalue weighted by atomic mass is 35.5. The van der Waals surface area contributed by atoms with Crippen molar-refractivity contribution in [3.05, 3.63) is 68.2 Å². The Morgan fingerprint density at radius 1 is 0.909 bits per heavy atom. The first kappa shape index (κ1) is 23.4. The second-order valence-electron chi connectivity index (χ2n) is 8.29. The highest BCUT2D eigenvalue weighted by Gasteiger charge is 2.25. The van der Waals surface area contributed by atoms with Crippen molar-refractivity contribution < 1.29 is 9.72 Å². The van der Waals surface area contributed by atoms with Gasteiger partial charge >= 0.3 is 0 Å². The molecule has 2 saturated heterocycles. The molecule has 2 fully saturated rings. The molecule has 7 nitrogen and oxygen atoms in total. The Morgan fingerprint density at radius 2 is 1.64 bits per heavy atom. The van der Waals surface area contributed by atoms with Crippen molar-refractivity contribution in [2.24, 2.45) is 0 Å². The largest absolute Gasteiger partial charge is 0.368 e. The second kappa shape index (κ2) is 10.4. The number of carbonyl (C=O) groups excluding carboxylic acids is 1. The number of rotatable bonds is 5. The van der Waals surface area contributed by atoms with Gasteiger partial charge in [0.25, 0.3) is 5.69 Å². The summed E-state index contributed by atoms with van der Waals surface area (Å²) in [5, 5.41) is 12.6. The number of anilines is 2. The Kier molecular flexibility index (Phi) is 7.40. The van der Waals surface area contributed by atoms with Crippen LogP contribution < -0.4 is 9.80 Å². The van der Waals surface area contributed by atoms with Crippen molar-refractivity contribution in [1.82, 2.24) is 4.90 Å². The minimum Gasteiger partial charge on any atom is -0.368 e. The molecule has 2 aliphatic heterocycles. The van der Waals surface area contributed by atoms with Crippen LogP contribution in [0.3, 0.4) is 0 Å². The lowest BCUT2D eigenvalue weighted by molar-refractivity contribution is -0.384. The number of piperidine rings is 1. The maximum Gasteiger partial charge on any atom is 0.292 e. The molecule has 0 unspecified atom stereocenters. The molecule has 0 aliphatic carbocycles. The van der Waals surface area contributed by atoms with Gasteiger partial charge in [0.1, 0.15) is 5.69 Å². The SMILES string of the molecule is O=C(C=Cc1ccc(Cl)cc1Cl)N1CCN(c2ccc([N+](=O)[O-])c(N3CCCCC3)c2)CC1. The number of piperazine rings is 1. The van der Waals surface area contributed by atoms with E-state index in [0.717, 1.165) is 37.2 Å². The molecule has 9 heteroatoms. The van der Waals surface area contributed by atoms with E-state index in [2.05, 4.69) is 9.80 Å². The maximum atomic E-state index is 12.6. The Balaban J connectivity index is 1.41. The van der Waals surface area contributed by atoms with Gasteiger partial charge < -0.3 is 14.7 Å². The van der Waals surface area contributed by atoms with E-state index in [1.54, 1.807) is 35.2 Å². The lowest BCUT2D eigenvalue weighted by atomic mass is 10.1.